The number of carbonyl (C=O) groups is 1. The number of likely N-dealkylation sites (tertiary alicyclic amines) is 1. The first-order chi connectivity index (χ1) is 12.0. The zero-order valence-corrected chi connectivity index (χ0v) is 15.2. The topological polar surface area (TPSA) is 32.3 Å². The Labute approximate surface area is 154 Å². The van der Waals surface area contributed by atoms with Gasteiger partial charge in [0.05, 0.1) is 0 Å². The van der Waals surface area contributed by atoms with Gasteiger partial charge in [0.1, 0.15) is 17.2 Å². The lowest BCUT2D eigenvalue weighted by atomic mass is 10.0. The molecule has 0 spiro atoms. The smallest absolute Gasteiger partial charge is 0.257 e. The van der Waals surface area contributed by atoms with E-state index < -0.39 is 23.1 Å². The van der Waals surface area contributed by atoms with Crippen LogP contribution in [0.1, 0.15) is 28.8 Å². The molecule has 6 heteroatoms. The predicted molar refractivity (Wildman–Crippen MR) is 96.3 cm³/mol. The minimum atomic E-state index is -0.860. The molecule has 1 unspecified atom stereocenters. The molecule has 1 saturated heterocycles. The first-order valence-corrected chi connectivity index (χ1v) is 9.04. The van der Waals surface area contributed by atoms with Crippen LogP contribution in [-0.4, -0.2) is 29.9 Å². The van der Waals surface area contributed by atoms with Gasteiger partial charge in [0, 0.05) is 23.6 Å². The van der Waals surface area contributed by atoms with Crippen molar-refractivity contribution >= 4 is 21.8 Å². The molecule has 1 atom stereocenters. The molecule has 25 heavy (non-hydrogen) atoms. The Morgan fingerprint density at radius 2 is 1.88 bits per heavy atom. The van der Waals surface area contributed by atoms with E-state index in [1.807, 2.05) is 18.2 Å². The molecule has 1 heterocycles. The summed E-state index contributed by atoms with van der Waals surface area (Å²) in [5, 5.41) is 2.78. The van der Waals surface area contributed by atoms with Crippen molar-refractivity contribution in [1.29, 1.82) is 0 Å². The van der Waals surface area contributed by atoms with Crippen LogP contribution >= 0.6 is 15.9 Å². The van der Waals surface area contributed by atoms with Crippen LogP contribution in [-0.2, 0) is 6.54 Å². The third kappa shape index (κ3) is 4.64. The molecule has 1 aliphatic heterocycles. The lowest BCUT2D eigenvalue weighted by Crippen LogP contribution is -2.47. The van der Waals surface area contributed by atoms with Crippen molar-refractivity contribution < 1.29 is 13.6 Å². The van der Waals surface area contributed by atoms with Gasteiger partial charge < -0.3 is 5.32 Å². The van der Waals surface area contributed by atoms with Crippen LogP contribution in [0.2, 0.25) is 0 Å². The number of nitrogens with one attached hydrogen (secondary N) is 1. The molecule has 1 aliphatic rings. The Morgan fingerprint density at radius 1 is 1.20 bits per heavy atom. The number of carbonyl (C=O) groups excluding carboxylic acids is 1. The highest BCUT2D eigenvalue weighted by Crippen LogP contribution is 2.20. The minimum absolute atomic E-state index is 0.118. The second-order valence-electron chi connectivity index (χ2n) is 6.28. The molecule has 1 N–H and O–H groups in total. The summed E-state index contributed by atoms with van der Waals surface area (Å²) in [4.78, 5) is 14.6. The average molecular weight is 409 g/mol. The molecule has 0 radical (unpaired) electrons. The van der Waals surface area contributed by atoms with E-state index in [0.717, 1.165) is 38.1 Å². The number of halogens is 3. The van der Waals surface area contributed by atoms with Crippen LogP contribution in [0, 0.1) is 11.6 Å². The number of amides is 1. The first kappa shape index (κ1) is 18.0. The maximum atomic E-state index is 13.9. The Morgan fingerprint density at radius 3 is 2.56 bits per heavy atom. The van der Waals surface area contributed by atoms with Gasteiger partial charge in [-0.3, -0.25) is 9.69 Å². The van der Waals surface area contributed by atoms with Gasteiger partial charge in [-0.1, -0.05) is 46.3 Å². The van der Waals surface area contributed by atoms with Gasteiger partial charge in [0.25, 0.3) is 5.91 Å². The Kier molecular flexibility index (Phi) is 5.81. The average Bonchev–Trinajstić information content (AvgIpc) is 2.55. The lowest BCUT2D eigenvalue weighted by molar-refractivity contribution is 0.0892. The summed E-state index contributed by atoms with van der Waals surface area (Å²) in [5.41, 5.74) is 0.683. The summed E-state index contributed by atoms with van der Waals surface area (Å²) in [5.74, 6) is -2.42. The number of piperidine rings is 1. The number of rotatable bonds is 4. The number of hydrogen-bond acceptors (Lipinski definition) is 2. The highest BCUT2D eigenvalue weighted by Gasteiger charge is 2.25. The van der Waals surface area contributed by atoms with Gasteiger partial charge in [-0.05, 0) is 37.1 Å². The molecule has 3 rings (SSSR count). The second-order valence-corrected chi connectivity index (χ2v) is 7.19. The van der Waals surface area contributed by atoms with Crippen molar-refractivity contribution in [2.24, 2.45) is 0 Å². The number of nitrogens with zero attached hydrogens (tertiary/aromatic N) is 1. The third-order valence-corrected chi connectivity index (χ3v) is 4.78. The predicted octanol–water partition coefficient (Wildman–Crippen LogP) is 4.12. The zero-order chi connectivity index (χ0) is 17.8. The second kappa shape index (κ2) is 8.06. The summed E-state index contributed by atoms with van der Waals surface area (Å²) in [6.07, 6.45) is 1.74. The van der Waals surface area contributed by atoms with Gasteiger partial charge in [-0.25, -0.2) is 8.78 Å². The number of benzene rings is 2. The molecule has 1 fully saturated rings. The Hall–Kier alpha value is -1.79. The quantitative estimate of drug-likeness (QED) is 0.824. The molecular weight excluding hydrogens is 390 g/mol. The van der Waals surface area contributed by atoms with E-state index in [1.54, 1.807) is 0 Å². The summed E-state index contributed by atoms with van der Waals surface area (Å²) in [7, 11) is 0. The van der Waals surface area contributed by atoms with Gasteiger partial charge in [-0.15, -0.1) is 0 Å². The SMILES string of the molecule is O=C(NC1CCCN(Cc2ccccc2)C1)c1c(F)cc(Br)cc1F. The van der Waals surface area contributed by atoms with Crippen molar-refractivity contribution in [3.8, 4) is 0 Å². The standard InChI is InChI=1S/C19H19BrF2N2O/c20-14-9-16(21)18(17(22)10-14)19(25)23-15-7-4-8-24(12-15)11-13-5-2-1-3-6-13/h1-3,5-6,9-10,15H,4,7-8,11-12H2,(H,23,25). The normalized spacial score (nSPS) is 18.1. The fourth-order valence-electron chi connectivity index (χ4n) is 3.18. The van der Waals surface area contributed by atoms with Crippen LogP contribution in [0.15, 0.2) is 46.9 Å². The molecular formula is C19H19BrF2N2O. The monoisotopic (exact) mass is 408 g/mol. The Bertz CT molecular complexity index is 731. The van der Waals surface area contributed by atoms with E-state index in [0.29, 0.717) is 6.54 Å². The van der Waals surface area contributed by atoms with Crippen molar-refractivity contribution in [1.82, 2.24) is 10.2 Å². The van der Waals surface area contributed by atoms with E-state index in [-0.39, 0.29) is 10.5 Å². The highest BCUT2D eigenvalue weighted by atomic mass is 79.9. The lowest BCUT2D eigenvalue weighted by Gasteiger charge is -2.33. The van der Waals surface area contributed by atoms with Crippen LogP contribution in [0.25, 0.3) is 0 Å². The van der Waals surface area contributed by atoms with Crippen molar-refractivity contribution in [3.63, 3.8) is 0 Å². The zero-order valence-electron chi connectivity index (χ0n) is 13.6. The maximum absolute atomic E-state index is 13.9. The molecule has 0 bridgehead atoms. The van der Waals surface area contributed by atoms with Crippen molar-refractivity contribution in [2.45, 2.75) is 25.4 Å². The van der Waals surface area contributed by atoms with Crippen molar-refractivity contribution in [2.75, 3.05) is 13.1 Å². The molecule has 132 valence electrons. The van der Waals surface area contributed by atoms with Crippen LogP contribution in [0.3, 0.4) is 0 Å². The molecule has 2 aromatic rings. The summed E-state index contributed by atoms with van der Waals surface area (Å²) < 4.78 is 28.1. The van der Waals surface area contributed by atoms with E-state index in [1.165, 1.54) is 5.56 Å². The third-order valence-electron chi connectivity index (χ3n) is 4.32. The van der Waals surface area contributed by atoms with E-state index >= 15 is 0 Å². The van der Waals surface area contributed by atoms with Gasteiger partial charge in [-0.2, -0.15) is 0 Å². The highest BCUT2D eigenvalue weighted by molar-refractivity contribution is 9.10. The van der Waals surface area contributed by atoms with Crippen LogP contribution in [0.4, 0.5) is 8.78 Å². The van der Waals surface area contributed by atoms with E-state index in [4.69, 9.17) is 0 Å². The molecule has 1 amide bonds. The molecule has 0 aliphatic carbocycles. The van der Waals surface area contributed by atoms with E-state index in [2.05, 4.69) is 38.3 Å². The number of hydrogen-bond donors (Lipinski definition) is 1. The summed E-state index contributed by atoms with van der Waals surface area (Å²) in [6.45, 7) is 2.41. The van der Waals surface area contributed by atoms with Crippen molar-refractivity contribution in [3.05, 3.63) is 69.7 Å². The Balaban J connectivity index is 1.64. The van der Waals surface area contributed by atoms with Crippen LogP contribution in [0.5, 0.6) is 0 Å². The van der Waals surface area contributed by atoms with Gasteiger partial charge in [0.15, 0.2) is 0 Å². The summed E-state index contributed by atoms with van der Waals surface area (Å²) in [6, 6.07) is 12.2. The fraction of sp³-hybridized carbons (Fsp3) is 0.316. The molecule has 0 aromatic heterocycles. The molecule has 2 aromatic carbocycles. The fourth-order valence-corrected chi connectivity index (χ4v) is 3.58. The van der Waals surface area contributed by atoms with E-state index in [9.17, 15) is 13.6 Å². The van der Waals surface area contributed by atoms with Crippen LogP contribution < -0.4 is 5.32 Å². The minimum Gasteiger partial charge on any atom is -0.348 e. The van der Waals surface area contributed by atoms with Gasteiger partial charge >= 0.3 is 0 Å². The molecule has 3 nitrogen and oxygen atoms in total. The van der Waals surface area contributed by atoms with Gasteiger partial charge in [0.2, 0.25) is 0 Å². The summed E-state index contributed by atoms with van der Waals surface area (Å²) >= 11 is 3.02. The molecule has 0 saturated carbocycles. The largest absolute Gasteiger partial charge is 0.348 e. The first-order valence-electron chi connectivity index (χ1n) is 8.24. The maximum Gasteiger partial charge on any atom is 0.257 e.